The Morgan fingerprint density at radius 3 is 2.56 bits per heavy atom. The number of hydrogen-bond donors (Lipinski definition) is 1. The molecule has 0 saturated heterocycles. The van der Waals surface area contributed by atoms with Crippen LogP contribution in [-0.2, 0) is 0 Å². The zero-order valence-electron chi connectivity index (χ0n) is 12.6. The van der Waals surface area contributed by atoms with E-state index in [0.29, 0.717) is 5.54 Å². The van der Waals surface area contributed by atoms with E-state index in [4.69, 9.17) is 5.73 Å². The van der Waals surface area contributed by atoms with E-state index in [-0.39, 0.29) is 0 Å². The average Bonchev–Trinajstić information content (AvgIpc) is 3.22. The Balaban J connectivity index is 1.98. The largest absolute Gasteiger partial charge is 0.329 e. The highest BCUT2D eigenvalue weighted by atomic mass is 15.2. The molecule has 0 aromatic carbocycles. The van der Waals surface area contributed by atoms with E-state index >= 15 is 0 Å². The van der Waals surface area contributed by atoms with Gasteiger partial charge in [-0.05, 0) is 50.5 Å². The summed E-state index contributed by atoms with van der Waals surface area (Å²) in [5.41, 5.74) is 6.51. The quantitative estimate of drug-likeness (QED) is 0.786. The number of rotatable bonds is 6. The van der Waals surface area contributed by atoms with Gasteiger partial charge in [0, 0.05) is 18.6 Å². The second-order valence-corrected chi connectivity index (χ2v) is 7.02. The summed E-state index contributed by atoms with van der Waals surface area (Å²) < 4.78 is 0. The molecule has 0 radical (unpaired) electrons. The predicted octanol–water partition coefficient (Wildman–Crippen LogP) is 3.26. The van der Waals surface area contributed by atoms with Crippen LogP contribution in [0.4, 0.5) is 0 Å². The van der Waals surface area contributed by atoms with Gasteiger partial charge in [-0.25, -0.2) is 0 Å². The molecule has 2 saturated carbocycles. The van der Waals surface area contributed by atoms with Gasteiger partial charge in [0.2, 0.25) is 0 Å². The second-order valence-electron chi connectivity index (χ2n) is 7.02. The van der Waals surface area contributed by atoms with Crippen LogP contribution in [0.15, 0.2) is 0 Å². The first kappa shape index (κ1) is 14.3. The highest BCUT2D eigenvalue weighted by Crippen LogP contribution is 2.47. The van der Waals surface area contributed by atoms with Gasteiger partial charge in [0.1, 0.15) is 0 Å². The van der Waals surface area contributed by atoms with Crippen molar-refractivity contribution in [1.29, 1.82) is 0 Å². The maximum Gasteiger partial charge on any atom is 0.0331 e. The van der Waals surface area contributed by atoms with Crippen LogP contribution >= 0.6 is 0 Å². The molecule has 0 aromatic rings. The Morgan fingerprint density at radius 2 is 2.00 bits per heavy atom. The van der Waals surface area contributed by atoms with Crippen LogP contribution in [-0.4, -0.2) is 30.6 Å². The van der Waals surface area contributed by atoms with Gasteiger partial charge < -0.3 is 5.73 Å². The molecule has 3 atom stereocenters. The van der Waals surface area contributed by atoms with E-state index in [9.17, 15) is 0 Å². The standard InChI is InChI=1S/C16H32N2/c1-4-13(2)11-18(3)16(12-17)9-5-6-15(10-16)14-7-8-14/h13-15H,4-12,17H2,1-3H3. The highest BCUT2D eigenvalue weighted by molar-refractivity contribution is 4.99. The fraction of sp³-hybridized carbons (Fsp3) is 1.00. The molecule has 2 aliphatic carbocycles. The van der Waals surface area contributed by atoms with Crippen molar-refractivity contribution in [3.05, 3.63) is 0 Å². The van der Waals surface area contributed by atoms with Crippen molar-refractivity contribution in [2.75, 3.05) is 20.1 Å². The molecule has 2 aliphatic rings. The maximum atomic E-state index is 6.20. The van der Waals surface area contributed by atoms with Crippen molar-refractivity contribution in [3.63, 3.8) is 0 Å². The summed E-state index contributed by atoms with van der Waals surface area (Å²) in [6.45, 7) is 6.72. The number of nitrogens with zero attached hydrogens (tertiary/aromatic N) is 1. The molecule has 2 heteroatoms. The Labute approximate surface area is 113 Å². The van der Waals surface area contributed by atoms with Crippen molar-refractivity contribution in [2.45, 2.75) is 64.3 Å². The summed E-state index contributed by atoms with van der Waals surface area (Å²) in [4.78, 5) is 2.61. The van der Waals surface area contributed by atoms with E-state index in [1.807, 2.05) is 0 Å². The minimum absolute atomic E-state index is 0.314. The molecule has 2 nitrogen and oxygen atoms in total. The lowest BCUT2D eigenvalue weighted by molar-refractivity contribution is 0.0415. The van der Waals surface area contributed by atoms with E-state index < -0.39 is 0 Å². The smallest absolute Gasteiger partial charge is 0.0331 e. The first-order chi connectivity index (χ1) is 8.61. The van der Waals surface area contributed by atoms with Gasteiger partial charge in [-0.15, -0.1) is 0 Å². The van der Waals surface area contributed by atoms with Gasteiger partial charge in [0.25, 0.3) is 0 Å². The fourth-order valence-corrected chi connectivity index (χ4v) is 3.83. The molecular formula is C16H32N2. The Bertz CT molecular complexity index is 262. The van der Waals surface area contributed by atoms with Crippen molar-refractivity contribution in [3.8, 4) is 0 Å². The van der Waals surface area contributed by atoms with E-state index in [1.165, 1.54) is 51.5 Å². The van der Waals surface area contributed by atoms with Crippen molar-refractivity contribution >= 4 is 0 Å². The summed E-state index contributed by atoms with van der Waals surface area (Å²) in [5, 5.41) is 0. The summed E-state index contributed by atoms with van der Waals surface area (Å²) in [6.07, 6.45) is 9.78. The average molecular weight is 252 g/mol. The van der Waals surface area contributed by atoms with Crippen LogP contribution in [0.2, 0.25) is 0 Å². The Kier molecular flexibility index (Phi) is 4.71. The van der Waals surface area contributed by atoms with Gasteiger partial charge in [-0.1, -0.05) is 33.1 Å². The number of hydrogen-bond acceptors (Lipinski definition) is 2. The molecule has 2 N–H and O–H groups in total. The topological polar surface area (TPSA) is 29.3 Å². The molecule has 0 amide bonds. The summed E-state index contributed by atoms with van der Waals surface area (Å²) in [6, 6.07) is 0. The van der Waals surface area contributed by atoms with Crippen LogP contribution in [0.5, 0.6) is 0 Å². The molecule has 2 rings (SSSR count). The van der Waals surface area contributed by atoms with Gasteiger partial charge in [0.15, 0.2) is 0 Å². The minimum Gasteiger partial charge on any atom is -0.329 e. The summed E-state index contributed by atoms with van der Waals surface area (Å²) in [5.74, 6) is 2.81. The third-order valence-electron chi connectivity index (χ3n) is 5.62. The third-order valence-corrected chi connectivity index (χ3v) is 5.62. The van der Waals surface area contributed by atoms with Crippen molar-refractivity contribution in [2.24, 2.45) is 23.5 Å². The molecule has 0 bridgehead atoms. The van der Waals surface area contributed by atoms with Crippen molar-refractivity contribution in [1.82, 2.24) is 4.90 Å². The monoisotopic (exact) mass is 252 g/mol. The molecule has 106 valence electrons. The molecule has 0 spiro atoms. The molecule has 0 aromatic heterocycles. The van der Waals surface area contributed by atoms with Crippen LogP contribution in [0.1, 0.15) is 58.8 Å². The van der Waals surface area contributed by atoms with Crippen molar-refractivity contribution < 1.29 is 0 Å². The molecule has 0 aliphatic heterocycles. The first-order valence-electron chi connectivity index (χ1n) is 8.02. The summed E-state index contributed by atoms with van der Waals surface area (Å²) in [7, 11) is 2.31. The SMILES string of the molecule is CCC(C)CN(C)C1(CN)CCCC(C2CC2)C1. The molecule has 3 unspecified atom stereocenters. The number of nitrogens with two attached hydrogens (primary N) is 1. The lowest BCUT2D eigenvalue weighted by Gasteiger charge is -2.47. The van der Waals surface area contributed by atoms with Gasteiger partial charge >= 0.3 is 0 Å². The summed E-state index contributed by atoms with van der Waals surface area (Å²) >= 11 is 0. The second kappa shape index (κ2) is 5.92. The Hall–Kier alpha value is -0.0800. The zero-order valence-corrected chi connectivity index (χ0v) is 12.6. The lowest BCUT2D eigenvalue weighted by atomic mass is 9.72. The van der Waals surface area contributed by atoms with Gasteiger partial charge in [0.05, 0.1) is 0 Å². The Morgan fingerprint density at radius 1 is 1.28 bits per heavy atom. The van der Waals surface area contributed by atoms with Crippen LogP contribution in [0.25, 0.3) is 0 Å². The lowest BCUT2D eigenvalue weighted by Crippen LogP contribution is -2.56. The maximum absolute atomic E-state index is 6.20. The van der Waals surface area contributed by atoms with Gasteiger partial charge in [-0.3, -0.25) is 4.90 Å². The number of likely N-dealkylation sites (N-methyl/N-ethyl adjacent to an activating group) is 1. The molecular weight excluding hydrogens is 220 g/mol. The molecule has 0 heterocycles. The first-order valence-corrected chi connectivity index (χ1v) is 8.02. The van der Waals surface area contributed by atoms with E-state index in [1.54, 1.807) is 0 Å². The third kappa shape index (κ3) is 3.08. The highest BCUT2D eigenvalue weighted by Gasteiger charge is 2.43. The van der Waals surface area contributed by atoms with Gasteiger partial charge in [-0.2, -0.15) is 0 Å². The predicted molar refractivity (Wildman–Crippen MR) is 78.6 cm³/mol. The normalized spacial score (nSPS) is 34.8. The fourth-order valence-electron chi connectivity index (χ4n) is 3.83. The van der Waals surface area contributed by atoms with Crippen LogP contribution in [0, 0.1) is 17.8 Å². The zero-order chi connectivity index (χ0) is 13.2. The molecule has 2 fully saturated rings. The van der Waals surface area contributed by atoms with E-state index in [2.05, 4.69) is 25.8 Å². The molecule has 18 heavy (non-hydrogen) atoms. The van der Waals surface area contributed by atoms with Crippen LogP contribution < -0.4 is 5.73 Å². The minimum atomic E-state index is 0.314. The van der Waals surface area contributed by atoms with E-state index in [0.717, 1.165) is 24.3 Å². The van der Waals surface area contributed by atoms with Crippen LogP contribution in [0.3, 0.4) is 0 Å².